The van der Waals surface area contributed by atoms with E-state index in [2.05, 4.69) is 81.4 Å². The SMILES string of the molecule is COC(=O)[C@]1(C)CC[C@]2(C)CC[C@]3(C)C4=CC=C5C(=CC(=O)[C@@]6(O)Oc7c(cc8c(c7C)C(=O)C=C7[C@@]8(C)CC[C@@]8(C)[C@@H]9C[C@@H](C)C(=O)C[C@]9(C)CC[C@]78C)O[C@@]56C)[C@]4(C)CC[C@@]3(C)[C@@H]2C1. The van der Waals surface area contributed by atoms with Crippen LogP contribution in [0.5, 0.6) is 11.5 Å². The molecule has 8 nitrogen and oxygen atoms in total. The molecule has 1 aromatic carbocycles. The first-order valence-electron chi connectivity index (χ1n) is 25.5. The van der Waals surface area contributed by atoms with E-state index in [0.29, 0.717) is 40.9 Å². The number of ketones is 3. The van der Waals surface area contributed by atoms with Crippen molar-refractivity contribution in [2.45, 2.75) is 183 Å². The summed E-state index contributed by atoms with van der Waals surface area (Å²) in [4.78, 5) is 56.0. The number of fused-ring (bicyclic) bond motifs is 17. The highest BCUT2D eigenvalue weighted by molar-refractivity contribution is 6.10. The minimum Gasteiger partial charge on any atom is -0.471 e. The van der Waals surface area contributed by atoms with Crippen molar-refractivity contribution >= 4 is 23.3 Å². The molecule has 14 atom stereocenters. The fourth-order valence-corrected chi connectivity index (χ4v) is 18.4. The number of hydrogen-bond acceptors (Lipinski definition) is 8. The van der Waals surface area contributed by atoms with Gasteiger partial charge in [-0.05, 0) is 177 Å². The highest BCUT2D eigenvalue weighted by Gasteiger charge is 2.72. The van der Waals surface area contributed by atoms with Gasteiger partial charge in [-0.25, -0.2) is 0 Å². The van der Waals surface area contributed by atoms with E-state index in [1.807, 2.05) is 19.1 Å². The second-order valence-electron chi connectivity index (χ2n) is 26.3. The van der Waals surface area contributed by atoms with Gasteiger partial charge < -0.3 is 19.3 Å². The van der Waals surface area contributed by atoms with Crippen LogP contribution in [0.1, 0.15) is 181 Å². The molecular formula is C58H74O8. The molecule has 9 aliphatic carbocycles. The summed E-state index contributed by atoms with van der Waals surface area (Å²) >= 11 is 0. The third-order valence-corrected chi connectivity index (χ3v) is 23.3. The van der Waals surface area contributed by atoms with Gasteiger partial charge in [0.2, 0.25) is 11.4 Å². The molecule has 66 heavy (non-hydrogen) atoms. The lowest BCUT2D eigenvalue weighted by Crippen LogP contribution is -2.70. The standard InChI is InChI=1S/C58H74O8/c1-32-26-41-49(4,30-38(32)60)19-23-55(10)42-29-37(59)45-33(2)46-39(27-36(45)52(42,7)21-24-54(41,55)9)65-57(12)34-14-15-40-51(6,35(34)28-44(61)58(57,63)66-46)20-25-56(11)43-31-50(5,47(62)64-13)17-16-48(43,3)18-22-53(40,56)8/h14-15,27-29,32,41,43,63H,16-26,30-31H2,1-13H3/t32-,41-,43-,48-,49+,50-,51+,52+,53-,54+,55-,56+,57+,58-/m1/s1. The van der Waals surface area contributed by atoms with Crippen molar-refractivity contribution in [3.05, 3.63) is 69.4 Å². The maximum absolute atomic E-state index is 14.8. The number of carbonyl (C=O) groups excluding carboxylic acids is 4. The van der Waals surface area contributed by atoms with Crippen LogP contribution in [0, 0.1) is 68.0 Å². The summed E-state index contributed by atoms with van der Waals surface area (Å²) in [7, 11) is 1.51. The number of esters is 1. The Morgan fingerprint density at radius 1 is 0.712 bits per heavy atom. The van der Waals surface area contributed by atoms with Gasteiger partial charge in [-0.2, -0.15) is 0 Å². The molecule has 1 aliphatic heterocycles. The summed E-state index contributed by atoms with van der Waals surface area (Å²) in [5.74, 6) is -1.30. The summed E-state index contributed by atoms with van der Waals surface area (Å²) < 4.78 is 19.3. The quantitative estimate of drug-likeness (QED) is 0.277. The first kappa shape index (κ1) is 44.7. The molecule has 0 spiro atoms. The third-order valence-electron chi connectivity index (χ3n) is 23.3. The van der Waals surface area contributed by atoms with Crippen molar-refractivity contribution in [1.82, 2.24) is 0 Å². The van der Waals surface area contributed by atoms with Crippen molar-refractivity contribution < 1.29 is 38.5 Å². The summed E-state index contributed by atoms with van der Waals surface area (Å²) in [5, 5.41) is 12.8. The molecule has 6 fully saturated rings. The Morgan fingerprint density at radius 2 is 1.33 bits per heavy atom. The van der Waals surface area contributed by atoms with Crippen LogP contribution in [-0.4, -0.2) is 46.9 Å². The second-order valence-corrected chi connectivity index (χ2v) is 26.3. The molecule has 10 aliphatic rings. The minimum atomic E-state index is -2.37. The molecule has 6 saturated carbocycles. The van der Waals surface area contributed by atoms with E-state index in [0.717, 1.165) is 93.8 Å². The minimum absolute atomic E-state index is 0.0442. The normalized spacial score (nSPS) is 49.5. The van der Waals surface area contributed by atoms with E-state index in [9.17, 15) is 24.3 Å². The lowest BCUT2D eigenvalue weighted by atomic mass is 9.34. The number of rotatable bonds is 1. The number of methoxy groups -OCH3 is 1. The van der Waals surface area contributed by atoms with Gasteiger partial charge >= 0.3 is 11.8 Å². The van der Waals surface area contributed by atoms with Crippen molar-refractivity contribution in [2.75, 3.05) is 7.11 Å². The number of hydrogen-bond donors (Lipinski definition) is 1. The summed E-state index contributed by atoms with van der Waals surface area (Å²) in [6.07, 6.45) is 19.6. The number of Topliss-reactive ketones (excluding diaryl/α,β-unsaturated/α-hetero) is 1. The van der Waals surface area contributed by atoms with E-state index in [4.69, 9.17) is 14.2 Å². The highest BCUT2D eigenvalue weighted by atomic mass is 16.7. The molecule has 1 aromatic rings. The molecule has 0 bridgehead atoms. The first-order chi connectivity index (χ1) is 30.6. The molecule has 0 amide bonds. The summed E-state index contributed by atoms with van der Waals surface area (Å²) in [5.41, 5.74) is 2.55. The number of ether oxygens (including phenoxy) is 3. The van der Waals surface area contributed by atoms with E-state index in [-0.39, 0.29) is 55.9 Å². The molecular weight excluding hydrogens is 825 g/mol. The topological polar surface area (TPSA) is 116 Å². The van der Waals surface area contributed by atoms with Crippen LogP contribution in [0.15, 0.2) is 52.7 Å². The lowest BCUT2D eigenvalue weighted by Gasteiger charge is -2.70. The molecule has 354 valence electrons. The molecule has 0 radical (unpaired) electrons. The van der Waals surface area contributed by atoms with Crippen LogP contribution in [-0.2, 0) is 24.5 Å². The van der Waals surface area contributed by atoms with Crippen LogP contribution in [0.25, 0.3) is 0 Å². The smallest absolute Gasteiger partial charge is 0.317 e. The Bertz CT molecular complexity index is 2630. The monoisotopic (exact) mass is 899 g/mol. The Morgan fingerprint density at radius 3 is 2.02 bits per heavy atom. The lowest BCUT2D eigenvalue weighted by molar-refractivity contribution is -0.231. The van der Waals surface area contributed by atoms with E-state index < -0.39 is 33.4 Å². The number of benzene rings is 1. The predicted molar refractivity (Wildman–Crippen MR) is 253 cm³/mol. The molecule has 0 aromatic heterocycles. The number of carbonyl (C=O) groups is 4. The van der Waals surface area contributed by atoms with Crippen molar-refractivity contribution in [3.8, 4) is 11.5 Å². The highest BCUT2D eigenvalue weighted by Crippen LogP contribution is 2.77. The van der Waals surface area contributed by atoms with Crippen molar-refractivity contribution in [2.24, 2.45) is 61.1 Å². The summed E-state index contributed by atoms with van der Waals surface area (Å²) in [6, 6.07) is 2.01. The van der Waals surface area contributed by atoms with Crippen LogP contribution in [0.2, 0.25) is 0 Å². The first-order valence-corrected chi connectivity index (χ1v) is 25.5. The van der Waals surface area contributed by atoms with Crippen LogP contribution in [0.3, 0.4) is 0 Å². The average molecular weight is 899 g/mol. The Hall–Kier alpha value is -3.78. The van der Waals surface area contributed by atoms with Crippen LogP contribution < -0.4 is 9.47 Å². The zero-order chi connectivity index (χ0) is 47.6. The Labute approximate surface area is 392 Å². The van der Waals surface area contributed by atoms with Gasteiger partial charge in [0.25, 0.3) is 0 Å². The zero-order valence-electron chi connectivity index (χ0n) is 42.1. The number of aliphatic hydroxyl groups is 1. The Balaban J connectivity index is 0.987. The van der Waals surface area contributed by atoms with Gasteiger partial charge in [0, 0.05) is 39.9 Å². The maximum Gasteiger partial charge on any atom is 0.317 e. The van der Waals surface area contributed by atoms with Crippen LogP contribution >= 0.6 is 0 Å². The van der Waals surface area contributed by atoms with Gasteiger partial charge in [0.15, 0.2) is 17.3 Å². The van der Waals surface area contributed by atoms with E-state index in [1.165, 1.54) is 18.3 Å². The molecule has 1 heterocycles. The maximum atomic E-state index is 14.8. The van der Waals surface area contributed by atoms with Crippen molar-refractivity contribution in [1.29, 1.82) is 0 Å². The third kappa shape index (κ3) is 4.92. The molecule has 8 heteroatoms. The summed E-state index contributed by atoms with van der Waals surface area (Å²) in [6.45, 7) is 27.0. The van der Waals surface area contributed by atoms with Crippen molar-refractivity contribution in [3.63, 3.8) is 0 Å². The van der Waals surface area contributed by atoms with Gasteiger partial charge in [-0.15, -0.1) is 0 Å². The van der Waals surface area contributed by atoms with Gasteiger partial charge in [-0.3, -0.25) is 19.2 Å². The Kier molecular flexibility index (Phi) is 8.73. The molecule has 0 saturated heterocycles. The van der Waals surface area contributed by atoms with Gasteiger partial charge in [0.05, 0.1) is 12.5 Å². The fraction of sp³-hybridized carbons (Fsp3) is 0.690. The predicted octanol–water partition coefficient (Wildman–Crippen LogP) is 11.8. The molecule has 0 unspecified atom stereocenters. The molecule has 1 N–H and O–H groups in total. The largest absolute Gasteiger partial charge is 0.471 e. The van der Waals surface area contributed by atoms with E-state index >= 15 is 0 Å². The average Bonchev–Trinajstić information content (AvgIpc) is 3.25. The van der Waals surface area contributed by atoms with Gasteiger partial charge in [0.1, 0.15) is 5.78 Å². The van der Waals surface area contributed by atoms with Crippen LogP contribution in [0.4, 0.5) is 0 Å². The van der Waals surface area contributed by atoms with Gasteiger partial charge in [-0.1, -0.05) is 80.0 Å². The number of allylic oxidation sites excluding steroid dienone is 5. The zero-order valence-corrected chi connectivity index (χ0v) is 42.1. The second kappa shape index (κ2) is 12.9. The molecule has 11 rings (SSSR count). The fourth-order valence-electron chi connectivity index (χ4n) is 18.4. The van der Waals surface area contributed by atoms with E-state index in [1.54, 1.807) is 13.0 Å².